The van der Waals surface area contributed by atoms with Crippen molar-refractivity contribution < 1.29 is 24.2 Å². The zero-order valence-electron chi connectivity index (χ0n) is 14.3. The second-order valence-corrected chi connectivity index (χ2v) is 6.06. The maximum atomic E-state index is 12.5. The van der Waals surface area contributed by atoms with Crippen LogP contribution in [0.3, 0.4) is 0 Å². The molecule has 1 aliphatic rings. The molecule has 6 nitrogen and oxygen atoms in total. The third kappa shape index (κ3) is 4.40. The molecule has 0 bridgehead atoms. The molecule has 136 valence electrons. The van der Waals surface area contributed by atoms with Crippen LogP contribution in [0.2, 0.25) is 0 Å². The van der Waals surface area contributed by atoms with Crippen molar-refractivity contribution in [3.63, 3.8) is 0 Å². The van der Waals surface area contributed by atoms with E-state index in [0.717, 1.165) is 16.9 Å². The Bertz CT molecular complexity index is 762. The van der Waals surface area contributed by atoms with Crippen LogP contribution in [0, 0.1) is 0 Å². The van der Waals surface area contributed by atoms with Gasteiger partial charge in [-0.05, 0) is 23.3 Å². The van der Waals surface area contributed by atoms with Gasteiger partial charge >= 0.3 is 5.97 Å². The van der Waals surface area contributed by atoms with Gasteiger partial charge < -0.3 is 19.5 Å². The topological polar surface area (TPSA) is 76.1 Å². The summed E-state index contributed by atoms with van der Waals surface area (Å²) in [4.78, 5) is 25.4. The molecule has 1 heterocycles. The van der Waals surface area contributed by atoms with Crippen molar-refractivity contribution in [2.75, 3.05) is 19.8 Å². The van der Waals surface area contributed by atoms with E-state index in [1.807, 2.05) is 54.6 Å². The fourth-order valence-corrected chi connectivity index (χ4v) is 2.98. The molecule has 6 heteroatoms. The van der Waals surface area contributed by atoms with Gasteiger partial charge in [0.2, 0.25) is 5.91 Å². The number of rotatable bonds is 7. The molecule has 1 atom stereocenters. The van der Waals surface area contributed by atoms with Crippen LogP contribution in [0.5, 0.6) is 5.75 Å². The van der Waals surface area contributed by atoms with Crippen molar-refractivity contribution in [1.29, 1.82) is 0 Å². The van der Waals surface area contributed by atoms with E-state index in [1.54, 1.807) is 0 Å². The minimum Gasteiger partial charge on any atom is -0.491 e. The van der Waals surface area contributed by atoms with Gasteiger partial charge in [-0.15, -0.1) is 0 Å². The standard InChI is InChI=1S/C20H21NO5/c22-19(14-25-10-11-26-17-8-2-1-3-9-17)21-13-16-7-5-4-6-15(16)12-18(21)20(23)24/h1-9,18H,10-14H2,(H,23,24). The Morgan fingerprint density at radius 2 is 1.69 bits per heavy atom. The highest BCUT2D eigenvalue weighted by atomic mass is 16.5. The second kappa shape index (κ2) is 8.49. The molecule has 26 heavy (non-hydrogen) atoms. The number of fused-ring (bicyclic) bond motifs is 1. The molecular weight excluding hydrogens is 334 g/mol. The average Bonchev–Trinajstić information content (AvgIpc) is 2.67. The maximum absolute atomic E-state index is 12.5. The predicted molar refractivity (Wildman–Crippen MR) is 94.9 cm³/mol. The summed E-state index contributed by atoms with van der Waals surface area (Å²) in [6.07, 6.45) is 0.314. The van der Waals surface area contributed by atoms with Gasteiger partial charge in [-0.25, -0.2) is 4.79 Å². The van der Waals surface area contributed by atoms with E-state index < -0.39 is 12.0 Å². The van der Waals surface area contributed by atoms with Crippen LogP contribution in [0.4, 0.5) is 0 Å². The SMILES string of the molecule is O=C(O)C1Cc2ccccc2CN1C(=O)COCCOc1ccccc1. The van der Waals surface area contributed by atoms with Crippen molar-refractivity contribution in [1.82, 2.24) is 4.90 Å². The molecule has 1 amide bonds. The van der Waals surface area contributed by atoms with Gasteiger partial charge in [-0.2, -0.15) is 0 Å². The highest BCUT2D eigenvalue weighted by Crippen LogP contribution is 2.23. The number of carbonyl (C=O) groups excluding carboxylic acids is 1. The summed E-state index contributed by atoms with van der Waals surface area (Å²) >= 11 is 0. The number of benzene rings is 2. The Morgan fingerprint density at radius 1 is 1.00 bits per heavy atom. The number of carbonyl (C=O) groups is 2. The van der Waals surface area contributed by atoms with E-state index in [4.69, 9.17) is 9.47 Å². The Labute approximate surface area is 152 Å². The highest BCUT2D eigenvalue weighted by molar-refractivity contribution is 5.85. The molecule has 2 aromatic rings. The van der Waals surface area contributed by atoms with Gasteiger partial charge in [0, 0.05) is 13.0 Å². The molecule has 0 aliphatic carbocycles. The zero-order chi connectivity index (χ0) is 18.4. The minimum absolute atomic E-state index is 0.163. The molecule has 0 spiro atoms. The Morgan fingerprint density at radius 3 is 2.42 bits per heavy atom. The van der Waals surface area contributed by atoms with Crippen LogP contribution >= 0.6 is 0 Å². The first-order valence-electron chi connectivity index (χ1n) is 8.50. The normalized spacial score (nSPS) is 16.0. The smallest absolute Gasteiger partial charge is 0.326 e. The van der Waals surface area contributed by atoms with Crippen molar-refractivity contribution in [2.24, 2.45) is 0 Å². The van der Waals surface area contributed by atoms with E-state index in [-0.39, 0.29) is 25.7 Å². The summed E-state index contributed by atoms with van der Waals surface area (Å²) in [5.41, 5.74) is 1.95. The monoisotopic (exact) mass is 355 g/mol. The van der Waals surface area contributed by atoms with Crippen LogP contribution in [-0.4, -0.2) is 47.7 Å². The first kappa shape index (κ1) is 17.9. The van der Waals surface area contributed by atoms with Gasteiger partial charge in [0.1, 0.15) is 25.0 Å². The van der Waals surface area contributed by atoms with Gasteiger partial charge in [-0.3, -0.25) is 4.79 Å². The lowest BCUT2D eigenvalue weighted by Crippen LogP contribution is -2.49. The van der Waals surface area contributed by atoms with E-state index >= 15 is 0 Å². The van der Waals surface area contributed by atoms with Crippen LogP contribution in [0.1, 0.15) is 11.1 Å². The van der Waals surface area contributed by atoms with Crippen molar-refractivity contribution >= 4 is 11.9 Å². The lowest BCUT2D eigenvalue weighted by molar-refractivity contribution is -0.153. The Kier molecular flexibility index (Phi) is 5.86. The van der Waals surface area contributed by atoms with Crippen molar-refractivity contribution in [3.05, 3.63) is 65.7 Å². The molecule has 0 fully saturated rings. The average molecular weight is 355 g/mol. The van der Waals surface area contributed by atoms with Crippen molar-refractivity contribution in [3.8, 4) is 5.75 Å². The number of ether oxygens (including phenoxy) is 2. The second-order valence-electron chi connectivity index (χ2n) is 6.06. The number of hydrogen-bond donors (Lipinski definition) is 1. The molecule has 1 unspecified atom stereocenters. The highest BCUT2D eigenvalue weighted by Gasteiger charge is 2.34. The van der Waals surface area contributed by atoms with E-state index in [1.165, 1.54) is 4.90 Å². The summed E-state index contributed by atoms with van der Waals surface area (Å²) in [6.45, 7) is 0.700. The Balaban J connectivity index is 1.50. The van der Waals surface area contributed by atoms with Crippen molar-refractivity contribution in [2.45, 2.75) is 19.0 Å². The Hall–Kier alpha value is -2.86. The number of nitrogens with zero attached hydrogens (tertiary/aromatic N) is 1. The summed E-state index contributed by atoms with van der Waals surface area (Å²) in [5, 5.41) is 9.46. The first-order valence-corrected chi connectivity index (χ1v) is 8.50. The molecule has 0 aromatic heterocycles. The molecule has 2 aromatic carbocycles. The molecular formula is C20H21NO5. The van der Waals surface area contributed by atoms with E-state index in [0.29, 0.717) is 13.0 Å². The number of aliphatic carboxylic acids is 1. The molecule has 1 N–H and O–H groups in total. The summed E-state index contributed by atoms with van der Waals surface area (Å²) in [7, 11) is 0. The van der Waals surface area contributed by atoms with Gasteiger partial charge in [-0.1, -0.05) is 42.5 Å². The van der Waals surface area contributed by atoms with E-state index in [9.17, 15) is 14.7 Å². The van der Waals surface area contributed by atoms with Gasteiger partial charge in [0.15, 0.2) is 0 Å². The van der Waals surface area contributed by atoms with Crippen LogP contribution in [-0.2, 0) is 27.3 Å². The number of carboxylic acid groups (broad SMARTS) is 1. The number of carboxylic acids is 1. The third-order valence-electron chi connectivity index (χ3n) is 4.32. The van der Waals surface area contributed by atoms with Gasteiger partial charge in [0.05, 0.1) is 6.61 Å². The van der Waals surface area contributed by atoms with Gasteiger partial charge in [0.25, 0.3) is 0 Å². The number of hydrogen-bond acceptors (Lipinski definition) is 4. The predicted octanol–water partition coefficient (Wildman–Crippen LogP) is 2.12. The van der Waals surface area contributed by atoms with Crippen LogP contribution in [0.15, 0.2) is 54.6 Å². The lowest BCUT2D eigenvalue weighted by Gasteiger charge is -2.34. The van der Waals surface area contributed by atoms with Crippen LogP contribution in [0.25, 0.3) is 0 Å². The maximum Gasteiger partial charge on any atom is 0.326 e. The zero-order valence-corrected chi connectivity index (χ0v) is 14.3. The molecule has 3 rings (SSSR count). The minimum atomic E-state index is -1.000. The molecule has 0 saturated heterocycles. The number of amides is 1. The number of para-hydroxylation sites is 1. The largest absolute Gasteiger partial charge is 0.491 e. The molecule has 0 saturated carbocycles. The molecule has 0 radical (unpaired) electrons. The summed E-state index contributed by atoms with van der Waals surface area (Å²) in [6, 6.07) is 16.1. The quantitative estimate of drug-likeness (QED) is 0.770. The van der Waals surface area contributed by atoms with Crippen LogP contribution < -0.4 is 4.74 Å². The molecule has 1 aliphatic heterocycles. The van der Waals surface area contributed by atoms with E-state index in [2.05, 4.69) is 0 Å². The third-order valence-corrected chi connectivity index (χ3v) is 4.32. The first-order chi connectivity index (χ1) is 12.6. The summed E-state index contributed by atoms with van der Waals surface area (Å²) in [5.74, 6) is -0.590. The lowest BCUT2D eigenvalue weighted by atomic mass is 9.94. The fourth-order valence-electron chi connectivity index (χ4n) is 2.98. The fraction of sp³-hybridized carbons (Fsp3) is 0.300. The summed E-state index contributed by atoms with van der Waals surface area (Å²) < 4.78 is 10.9.